The Kier molecular flexibility index (Phi) is 4.78. The fourth-order valence-electron chi connectivity index (χ4n) is 5.32. The largest absolute Gasteiger partial charge is 0.450 e. The summed E-state index contributed by atoms with van der Waals surface area (Å²) >= 11 is 0. The van der Waals surface area contributed by atoms with E-state index in [1.54, 1.807) is 20.8 Å². The summed E-state index contributed by atoms with van der Waals surface area (Å²) in [4.78, 5) is 39.3. The molecule has 3 heterocycles. The third-order valence-electron chi connectivity index (χ3n) is 6.59. The number of anilines is 1. The smallest absolute Gasteiger partial charge is 0.417 e. The van der Waals surface area contributed by atoms with E-state index in [-0.39, 0.29) is 18.7 Å². The molecule has 0 radical (unpaired) electrons. The predicted octanol–water partition coefficient (Wildman–Crippen LogP) is 2.75. The van der Waals surface area contributed by atoms with Crippen molar-refractivity contribution in [1.82, 2.24) is 5.32 Å². The summed E-state index contributed by atoms with van der Waals surface area (Å²) in [6, 6.07) is 3.56. The van der Waals surface area contributed by atoms with Gasteiger partial charge in [0.2, 0.25) is 11.8 Å². The third-order valence-corrected chi connectivity index (χ3v) is 6.59. The lowest BCUT2D eigenvalue weighted by atomic mass is 9.66. The zero-order valence-corrected chi connectivity index (χ0v) is 17.4. The van der Waals surface area contributed by atoms with Gasteiger partial charge in [0, 0.05) is 6.42 Å². The Morgan fingerprint density at radius 2 is 1.97 bits per heavy atom. The van der Waals surface area contributed by atoms with Crippen LogP contribution in [0.15, 0.2) is 18.2 Å². The van der Waals surface area contributed by atoms with Crippen molar-refractivity contribution in [3.63, 3.8) is 0 Å². The molecule has 3 fully saturated rings. The number of nitrogens with zero attached hydrogens (tertiary/aromatic N) is 2. The highest BCUT2D eigenvalue weighted by Crippen LogP contribution is 2.61. The predicted molar refractivity (Wildman–Crippen MR) is 102 cm³/mol. The number of carbonyl (C=O) groups excluding carboxylic acids is 3. The zero-order valence-electron chi connectivity index (χ0n) is 17.4. The van der Waals surface area contributed by atoms with Gasteiger partial charge in [-0.2, -0.15) is 18.4 Å². The van der Waals surface area contributed by atoms with Gasteiger partial charge in [0.1, 0.15) is 0 Å². The molecule has 0 saturated carbocycles. The molecule has 3 aliphatic heterocycles. The number of nitriles is 1. The molecular formula is C21H20F3N3O5. The number of hydrogen-bond acceptors (Lipinski definition) is 6. The van der Waals surface area contributed by atoms with Crippen LogP contribution in [0.4, 0.5) is 23.7 Å². The highest BCUT2D eigenvalue weighted by atomic mass is 19.4. The summed E-state index contributed by atoms with van der Waals surface area (Å²) in [6.45, 7) is 5.04. The fraction of sp³-hybridized carbons (Fsp3) is 0.524. The molecule has 3 amide bonds. The van der Waals surface area contributed by atoms with Crippen LogP contribution in [0.25, 0.3) is 0 Å². The SMILES string of the molecule is CCOC(=O)N[C@@H]1C[C@@]2(C)O[C@@]1(C)[C@@H]1C(=O)N(c3ccc(C#N)c(C(F)(F)F)c3)C(=O)[C@@H]12. The van der Waals surface area contributed by atoms with Crippen molar-refractivity contribution in [3.05, 3.63) is 29.3 Å². The highest BCUT2D eigenvalue weighted by molar-refractivity contribution is 6.23. The molecule has 0 spiro atoms. The van der Waals surface area contributed by atoms with E-state index in [0.29, 0.717) is 6.07 Å². The van der Waals surface area contributed by atoms with Crippen molar-refractivity contribution in [2.75, 3.05) is 11.5 Å². The molecule has 2 bridgehead atoms. The maximum absolute atomic E-state index is 13.4. The number of alkyl halides is 3. The van der Waals surface area contributed by atoms with E-state index in [1.807, 2.05) is 0 Å². The Balaban J connectivity index is 1.72. The van der Waals surface area contributed by atoms with Gasteiger partial charge < -0.3 is 14.8 Å². The lowest BCUT2D eigenvalue weighted by Gasteiger charge is -2.35. The number of amides is 3. The molecule has 4 rings (SSSR count). The molecule has 0 aliphatic carbocycles. The van der Waals surface area contributed by atoms with Crippen LogP contribution in [0.1, 0.15) is 38.3 Å². The lowest BCUT2D eigenvalue weighted by molar-refractivity contribution is -0.138. The summed E-state index contributed by atoms with van der Waals surface area (Å²) in [5, 5.41) is 11.7. The zero-order chi connectivity index (χ0) is 23.6. The van der Waals surface area contributed by atoms with Crippen LogP contribution in [0.2, 0.25) is 0 Å². The number of alkyl carbamates (subject to hydrolysis) is 1. The van der Waals surface area contributed by atoms with Crippen LogP contribution >= 0.6 is 0 Å². The number of nitrogens with one attached hydrogen (secondary N) is 1. The molecule has 0 aromatic heterocycles. The van der Waals surface area contributed by atoms with Crippen LogP contribution in [-0.2, 0) is 25.2 Å². The summed E-state index contributed by atoms with van der Waals surface area (Å²) in [7, 11) is 0. The second kappa shape index (κ2) is 6.93. The highest BCUT2D eigenvalue weighted by Gasteiger charge is 2.76. The van der Waals surface area contributed by atoms with Gasteiger partial charge in [-0.1, -0.05) is 0 Å². The van der Waals surface area contributed by atoms with Crippen LogP contribution < -0.4 is 10.2 Å². The second-order valence-corrected chi connectivity index (χ2v) is 8.53. The van der Waals surface area contributed by atoms with Crippen molar-refractivity contribution in [2.45, 2.75) is 50.6 Å². The van der Waals surface area contributed by atoms with E-state index in [9.17, 15) is 27.6 Å². The fourth-order valence-corrected chi connectivity index (χ4v) is 5.32. The average Bonchev–Trinajstić information content (AvgIpc) is 3.21. The van der Waals surface area contributed by atoms with Crippen LogP contribution in [0, 0.1) is 23.2 Å². The van der Waals surface area contributed by atoms with Gasteiger partial charge >= 0.3 is 12.3 Å². The summed E-state index contributed by atoms with van der Waals surface area (Å²) in [5.74, 6) is -3.28. The first kappa shape index (κ1) is 22.1. The molecule has 170 valence electrons. The molecule has 32 heavy (non-hydrogen) atoms. The summed E-state index contributed by atoms with van der Waals surface area (Å²) in [6.07, 6.45) is -5.29. The first-order valence-electron chi connectivity index (χ1n) is 10.00. The molecule has 3 aliphatic rings. The first-order chi connectivity index (χ1) is 14.9. The van der Waals surface area contributed by atoms with Crippen molar-refractivity contribution < 1.29 is 37.0 Å². The molecule has 1 aromatic carbocycles. The number of ether oxygens (including phenoxy) is 2. The van der Waals surface area contributed by atoms with Crippen molar-refractivity contribution in [3.8, 4) is 6.07 Å². The molecule has 0 unspecified atom stereocenters. The molecule has 8 nitrogen and oxygen atoms in total. The summed E-state index contributed by atoms with van der Waals surface area (Å²) < 4.78 is 51.2. The monoisotopic (exact) mass is 451 g/mol. The van der Waals surface area contributed by atoms with Crippen LogP contribution in [-0.4, -0.2) is 41.8 Å². The number of halogens is 3. The Morgan fingerprint density at radius 3 is 2.56 bits per heavy atom. The van der Waals surface area contributed by atoms with Crippen molar-refractivity contribution >= 4 is 23.6 Å². The molecular weight excluding hydrogens is 431 g/mol. The Labute approximate surface area is 181 Å². The quantitative estimate of drug-likeness (QED) is 0.708. The molecule has 5 atom stereocenters. The lowest BCUT2D eigenvalue weighted by Crippen LogP contribution is -2.56. The first-order valence-corrected chi connectivity index (χ1v) is 10.00. The standard InChI is InChI=1S/C21H20F3N3O5/c1-4-31-18(30)26-13-8-19(2)14-15(20(13,3)32-19)17(29)27(16(14)28)11-6-5-10(9-25)12(7-11)21(22,23)24/h5-7,13-15H,4,8H2,1-3H3,(H,26,30)/t13-,14-,15+,19-,20-/m1/s1. The van der Waals surface area contributed by atoms with Crippen LogP contribution in [0.3, 0.4) is 0 Å². The minimum Gasteiger partial charge on any atom is -0.450 e. The average molecular weight is 451 g/mol. The maximum atomic E-state index is 13.4. The number of carbonyl (C=O) groups is 3. The normalized spacial score (nSPS) is 33.3. The Morgan fingerprint density at radius 1 is 1.31 bits per heavy atom. The third kappa shape index (κ3) is 2.97. The van der Waals surface area contributed by atoms with E-state index >= 15 is 0 Å². The van der Waals surface area contributed by atoms with Gasteiger partial charge in [0.15, 0.2) is 0 Å². The summed E-state index contributed by atoms with van der Waals surface area (Å²) in [5.41, 5.74) is -4.44. The van der Waals surface area contributed by atoms with E-state index in [1.165, 1.54) is 6.07 Å². The number of benzene rings is 1. The van der Waals surface area contributed by atoms with Crippen molar-refractivity contribution in [2.24, 2.45) is 11.8 Å². The minimum absolute atomic E-state index is 0.144. The number of hydrogen-bond donors (Lipinski definition) is 1. The van der Waals surface area contributed by atoms with E-state index in [4.69, 9.17) is 14.7 Å². The van der Waals surface area contributed by atoms with E-state index < -0.39 is 64.3 Å². The molecule has 11 heteroatoms. The van der Waals surface area contributed by atoms with Crippen LogP contribution in [0.5, 0.6) is 0 Å². The number of imide groups is 1. The Bertz CT molecular complexity index is 1070. The van der Waals surface area contributed by atoms with Crippen molar-refractivity contribution in [1.29, 1.82) is 5.26 Å². The molecule has 3 saturated heterocycles. The van der Waals surface area contributed by atoms with Gasteiger partial charge in [0.25, 0.3) is 0 Å². The van der Waals surface area contributed by atoms with Gasteiger partial charge in [0.05, 0.1) is 58.6 Å². The maximum Gasteiger partial charge on any atom is 0.417 e. The molecule has 1 N–H and O–H groups in total. The van der Waals surface area contributed by atoms with Gasteiger partial charge in [-0.3, -0.25) is 9.59 Å². The minimum atomic E-state index is -4.84. The number of rotatable bonds is 3. The second-order valence-electron chi connectivity index (χ2n) is 8.53. The van der Waals surface area contributed by atoms with Gasteiger partial charge in [-0.05, 0) is 39.0 Å². The van der Waals surface area contributed by atoms with E-state index in [0.717, 1.165) is 17.0 Å². The number of fused-ring (bicyclic) bond motifs is 5. The van der Waals surface area contributed by atoms with Gasteiger partial charge in [-0.15, -0.1) is 0 Å². The van der Waals surface area contributed by atoms with Gasteiger partial charge in [-0.25, -0.2) is 9.69 Å². The Hall–Kier alpha value is -3.13. The topological polar surface area (TPSA) is 109 Å². The molecule has 1 aromatic rings. The van der Waals surface area contributed by atoms with E-state index in [2.05, 4.69) is 5.32 Å².